The van der Waals surface area contributed by atoms with Gasteiger partial charge >= 0.3 is 0 Å². The topological polar surface area (TPSA) is 55.5 Å². The molecule has 0 saturated heterocycles. The summed E-state index contributed by atoms with van der Waals surface area (Å²) in [5.74, 6) is 0. The fraction of sp³-hybridized carbons (Fsp3) is 1.00. The minimum Gasteiger partial charge on any atom is -0.391 e. The second-order valence-corrected chi connectivity index (χ2v) is 3.75. The minimum atomic E-state index is -0.433. The van der Waals surface area contributed by atoms with E-state index in [9.17, 15) is 0 Å². The second-order valence-electron chi connectivity index (χ2n) is 3.75. The molecule has 0 aromatic carbocycles. The van der Waals surface area contributed by atoms with Crippen molar-refractivity contribution in [1.82, 2.24) is 0 Å². The SMILES string of the molecule is CC(O)C(C)OCC(C)(C)N. The first kappa shape index (κ1) is 10.9. The molecule has 0 heterocycles. The van der Waals surface area contributed by atoms with E-state index in [0.717, 1.165) is 0 Å². The minimum absolute atomic E-state index is 0.141. The Kier molecular flexibility index (Phi) is 4.00. The molecule has 11 heavy (non-hydrogen) atoms. The summed E-state index contributed by atoms with van der Waals surface area (Å²) < 4.78 is 5.29. The van der Waals surface area contributed by atoms with E-state index in [1.807, 2.05) is 20.8 Å². The molecule has 0 rings (SSSR count). The van der Waals surface area contributed by atoms with Gasteiger partial charge in [-0.1, -0.05) is 0 Å². The highest BCUT2D eigenvalue weighted by Gasteiger charge is 2.15. The highest BCUT2D eigenvalue weighted by Crippen LogP contribution is 2.03. The van der Waals surface area contributed by atoms with Gasteiger partial charge in [0.05, 0.1) is 18.8 Å². The first-order chi connectivity index (χ1) is 4.83. The van der Waals surface area contributed by atoms with Crippen LogP contribution in [0.3, 0.4) is 0 Å². The number of nitrogens with two attached hydrogens (primary N) is 1. The van der Waals surface area contributed by atoms with Crippen molar-refractivity contribution in [2.75, 3.05) is 6.61 Å². The van der Waals surface area contributed by atoms with E-state index in [2.05, 4.69) is 0 Å². The van der Waals surface area contributed by atoms with Gasteiger partial charge in [0.15, 0.2) is 0 Å². The third-order valence-corrected chi connectivity index (χ3v) is 1.40. The summed E-state index contributed by atoms with van der Waals surface area (Å²) in [5.41, 5.74) is 5.36. The molecule has 0 radical (unpaired) electrons. The Labute approximate surface area is 68.5 Å². The Morgan fingerprint density at radius 1 is 1.45 bits per heavy atom. The summed E-state index contributed by atoms with van der Waals surface area (Å²) in [7, 11) is 0. The van der Waals surface area contributed by atoms with Gasteiger partial charge in [0.2, 0.25) is 0 Å². The average molecular weight is 161 g/mol. The van der Waals surface area contributed by atoms with Crippen LogP contribution in [0, 0.1) is 0 Å². The molecule has 0 aliphatic carbocycles. The van der Waals surface area contributed by atoms with Crippen LogP contribution in [0.2, 0.25) is 0 Å². The fourth-order valence-electron chi connectivity index (χ4n) is 0.485. The lowest BCUT2D eigenvalue weighted by Crippen LogP contribution is -2.40. The number of aliphatic hydroxyl groups excluding tert-OH is 1. The maximum absolute atomic E-state index is 9.05. The third-order valence-electron chi connectivity index (χ3n) is 1.40. The number of hydrogen-bond acceptors (Lipinski definition) is 3. The lowest BCUT2D eigenvalue weighted by molar-refractivity contribution is -0.0322. The van der Waals surface area contributed by atoms with Gasteiger partial charge in [-0.05, 0) is 27.7 Å². The summed E-state index contributed by atoms with van der Waals surface area (Å²) in [5, 5.41) is 9.05. The van der Waals surface area contributed by atoms with Crippen LogP contribution in [0.5, 0.6) is 0 Å². The molecule has 3 N–H and O–H groups in total. The van der Waals surface area contributed by atoms with Crippen LogP contribution in [0.4, 0.5) is 0 Å². The van der Waals surface area contributed by atoms with E-state index in [0.29, 0.717) is 6.61 Å². The zero-order chi connectivity index (χ0) is 9.07. The third kappa shape index (κ3) is 6.28. The largest absolute Gasteiger partial charge is 0.391 e. The molecular formula is C8H19NO2. The molecule has 68 valence electrons. The van der Waals surface area contributed by atoms with E-state index in [1.165, 1.54) is 0 Å². The molecule has 0 bridgehead atoms. The molecule has 0 aliphatic heterocycles. The quantitative estimate of drug-likeness (QED) is 0.631. The normalized spacial score (nSPS) is 18.0. The van der Waals surface area contributed by atoms with Crippen molar-refractivity contribution in [2.24, 2.45) is 5.73 Å². The molecule has 2 atom stereocenters. The summed E-state index contributed by atoms with van der Waals surface area (Å²) >= 11 is 0. The molecule has 0 aliphatic rings. The Balaban J connectivity index is 3.54. The van der Waals surface area contributed by atoms with Gasteiger partial charge in [0.25, 0.3) is 0 Å². The predicted molar refractivity (Wildman–Crippen MR) is 45.4 cm³/mol. The number of hydrogen-bond donors (Lipinski definition) is 2. The van der Waals surface area contributed by atoms with Gasteiger partial charge < -0.3 is 15.6 Å². The lowest BCUT2D eigenvalue weighted by atomic mass is 10.1. The summed E-state index contributed by atoms with van der Waals surface area (Å²) in [6, 6.07) is 0. The Morgan fingerprint density at radius 3 is 2.18 bits per heavy atom. The van der Waals surface area contributed by atoms with Gasteiger partial charge in [-0.25, -0.2) is 0 Å². The molecular weight excluding hydrogens is 142 g/mol. The standard InChI is InChI=1S/C8H19NO2/c1-6(10)7(2)11-5-8(3,4)9/h6-7,10H,5,9H2,1-4H3. The van der Waals surface area contributed by atoms with Crippen molar-refractivity contribution in [2.45, 2.75) is 45.4 Å². The van der Waals surface area contributed by atoms with E-state index in [1.54, 1.807) is 6.92 Å². The number of rotatable bonds is 4. The van der Waals surface area contributed by atoms with Crippen molar-refractivity contribution >= 4 is 0 Å². The van der Waals surface area contributed by atoms with E-state index in [4.69, 9.17) is 15.6 Å². The molecule has 0 aromatic heterocycles. The maximum atomic E-state index is 9.05. The van der Waals surface area contributed by atoms with Gasteiger partial charge in [0.1, 0.15) is 0 Å². The molecule has 2 unspecified atom stereocenters. The van der Waals surface area contributed by atoms with Crippen molar-refractivity contribution in [3.05, 3.63) is 0 Å². The zero-order valence-corrected chi connectivity index (χ0v) is 7.79. The van der Waals surface area contributed by atoms with E-state index < -0.39 is 6.10 Å². The summed E-state index contributed by atoms with van der Waals surface area (Å²) in [6.45, 7) is 7.78. The van der Waals surface area contributed by atoms with Crippen LogP contribution in [-0.4, -0.2) is 29.5 Å². The monoisotopic (exact) mass is 161 g/mol. The Bertz CT molecular complexity index is 107. The first-order valence-electron chi connectivity index (χ1n) is 3.91. The zero-order valence-electron chi connectivity index (χ0n) is 7.79. The van der Waals surface area contributed by atoms with Crippen LogP contribution < -0.4 is 5.73 Å². The molecule has 0 aromatic rings. The van der Waals surface area contributed by atoms with Gasteiger partial charge in [0, 0.05) is 5.54 Å². The molecule has 3 heteroatoms. The van der Waals surface area contributed by atoms with Crippen LogP contribution in [0.1, 0.15) is 27.7 Å². The van der Waals surface area contributed by atoms with Crippen LogP contribution >= 0.6 is 0 Å². The van der Waals surface area contributed by atoms with E-state index >= 15 is 0 Å². The van der Waals surface area contributed by atoms with Gasteiger partial charge in [-0.15, -0.1) is 0 Å². The molecule has 0 spiro atoms. The van der Waals surface area contributed by atoms with Crippen LogP contribution in [0.15, 0.2) is 0 Å². The molecule has 3 nitrogen and oxygen atoms in total. The number of ether oxygens (including phenoxy) is 1. The average Bonchev–Trinajstić information content (AvgIpc) is 1.80. The Hall–Kier alpha value is -0.120. The van der Waals surface area contributed by atoms with Crippen LogP contribution in [0.25, 0.3) is 0 Å². The lowest BCUT2D eigenvalue weighted by Gasteiger charge is -2.23. The smallest absolute Gasteiger partial charge is 0.0804 e. The van der Waals surface area contributed by atoms with Crippen molar-refractivity contribution < 1.29 is 9.84 Å². The molecule has 0 saturated carbocycles. The number of aliphatic hydroxyl groups is 1. The van der Waals surface area contributed by atoms with Crippen LogP contribution in [-0.2, 0) is 4.74 Å². The molecule has 0 fully saturated rings. The summed E-state index contributed by atoms with van der Waals surface area (Å²) in [6.07, 6.45) is -0.574. The predicted octanol–water partition coefficient (Wildman–Crippen LogP) is 0.510. The maximum Gasteiger partial charge on any atom is 0.0804 e. The summed E-state index contributed by atoms with van der Waals surface area (Å²) in [4.78, 5) is 0. The van der Waals surface area contributed by atoms with Gasteiger partial charge in [-0.3, -0.25) is 0 Å². The molecule has 0 amide bonds. The van der Waals surface area contributed by atoms with E-state index in [-0.39, 0.29) is 11.6 Å². The highest BCUT2D eigenvalue weighted by molar-refractivity contribution is 4.71. The van der Waals surface area contributed by atoms with Crippen molar-refractivity contribution in [3.63, 3.8) is 0 Å². The Morgan fingerprint density at radius 2 is 1.91 bits per heavy atom. The van der Waals surface area contributed by atoms with Crippen molar-refractivity contribution in [3.8, 4) is 0 Å². The first-order valence-corrected chi connectivity index (χ1v) is 3.91. The highest BCUT2D eigenvalue weighted by atomic mass is 16.5. The fourth-order valence-corrected chi connectivity index (χ4v) is 0.485. The van der Waals surface area contributed by atoms with Gasteiger partial charge in [-0.2, -0.15) is 0 Å². The second kappa shape index (κ2) is 4.04. The van der Waals surface area contributed by atoms with Crippen molar-refractivity contribution in [1.29, 1.82) is 0 Å².